The lowest BCUT2D eigenvalue weighted by Crippen LogP contribution is -2.34. The van der Waals surface area contributed by atoms with Crippen LogP contribution in [0, 0.1) is 11.3 Å². The number of carbonyl (C=O) groups is 1. The van der Waals surface area contributed by atoms with Gasteiger partial charge < -0.3 is 4.74 Å². The molecule has 2 nitrogen and oxygen atoms in total. The molecule has 0 aromatic heterocycles. The van der Waals surface area contributed by atoms with E-state index in [9.17, 15) is 4.79 Å². The molecule has 17 heavy (non-hydrogen) atoms. The van der Waals surface area contributed by atoms with Crippen molar-refractivity contribution < 1.29 is 9.53 Å². The van der Waals surface area contributed by atoms with Crippen LogP contribution in [-0.2, 0) is 9.53 Å². The van der Waals surface area contributed by atoms with Crippen molar-refractivity contribution in [1.82, 2.24) is 0 Å². The molecular formula is C15H28O2. The lowest BCUT2D eigenvalue weighted by Gasteiger charge is -2.31. The van der Waals surface area contributed by atoms with Crippen LogP contribution in [0.25, 0.3) is 0 Å². The van der Waals surface area contributed by atoms with Crippen LogP contribution in [0.2, 0.25) is 0 Å². The van der Waals surface area contributed by atoms with Crippen molar-refractivity contribution in [1.29, 1.82) is 0 Å². The number of ether oxygens (including phenoxy) is 1. The molecule has 0 amide bonds. The van der Waals surface area contributed by atoms with Crippen molar-refractivity contribution in [2.75, 3.05) is 0 Å². The van der Waals surface area contributed by atoms with E-state index in [2.05, 4.69) is 27.7 Å². The summed E-state index contributed by atoms with van der Waals surface area (Å²) in [5.74, 6) is 0.569. The zero-order chi connectivity index (χ0) is 12.9. The van der Waals surface area contributed by atoms with Gasteiger partial charge in [0.25, 0.3) is 0 Å². The van der Waals surface area contributed by atoms with Crippen molar-refractivity contribution in [3.05, 3.63) is 0 Å². The Balaban J connectivity index is 2.52. The summed E-state index contributed by atoms with van der Waals surface area (Å²) in [4.78, 5) is 12.3. The van der Waals surface area contributed by atoms with Gasteiger partial charge in [0.2, 0.25) is 0 Å². The Kier molecular flexibility index (Phi) is 5.48. The molecule has 0 aromatic carbocycles. The van der Waals surface area contributed by atoms with Gasteiger partial charge in [-0.1, -0.05) is 27.2 Å². The van der Waals surface area contributed by atoms with Crippen LogP contribution >= 0.6 is 0 Å². The van der Waals surface area contributed by atoms with Crippen LogP contribution in [-0.4, -0.2) is 12.1 Å². The molecule has 0 aliphatic heterocycles. The molecule has 1 aliphatic rings. The molecule has 0 spiro atoms. The number of hydrogen-bond donors (Lipinski definition) is 0. The first-order chi connectivity index (χ1) is 7.98. The predicted octanol–water partition coefficient (Wildman–Crippen LogP) is 4.32. The van der Waals surface area contributed by atoms with E-state index in [1.165, 1.54) is 19.3 Å². The van der Waals surface area contributed by atoms with Crippen LogP contribution < -0.4 is 0 Å². The summed E-state index contributed by atoms with van der Waals surface area (Å²) < 4.78 is 5.71. The topological polar surface area (TPSA) is 26.3 Å². The Morgan fingerprint density at radius 1 is 1.29 bits per heavy atom. The van der Waals surface area contributed by atoms with Crippen molar-refractivity contribution in [3.63, 3.8) is 0 Å². The third-order valence-electron chi connectivity index (χ3n) is 3.96. The van der Waals surface area contributed by atoms with E-state index in [-0.39, 0.29) is 17.5 Å². The number of esters is 1. The minimum atomic E-state index is -0.286. The molecule has 0 aromatic rings. The maximum absolute atomic E-state index is 12.3. The predicted molar refractivity (Wildman–Crippen MR) is 70.8 cm³/mol. The Morgan fingerprint density at radius 3 is 2.35 bits per heavy atom. The molecule has 0 radical (unpaired) electrons. The molecule has 0 N–H and O–H groups in total. The first-order valence-corrected chi connectivity index (χ1v) is 7.19. The standard InChI is InChI=1S/C15H28O2/c1-5-15(4,11-12(2)3)14(16)17-13-9-7-6-8-10-13/h12-13H,5-11H2,1-4H3. The van der Waals surface area contributed by atoms with Gasteiger partial charge in [0.15, 0.2) is 0 Å². The van der Waals surface area contributed by atoms with E-state index in [0.717, 1.165) is 25.7 Å². The molecule has 1 aliphatic carbocycles. The molecule has 0 saturated heterocycles. The molecule has 1 rings (SSSR count). The third kappa shape index (κ3) is 4.33. The van der Waals surface area contributed by atoms with Crippen LogP contribution in [0.1, 0.15) is 72.6 Å². The Morgan fingerprint density at radius 2 is 1.88 bits per heavy atom. The van der Waals surface area contributed by atoms with E-state index >= 15 is 0 Å². The molecule has 1 saturated carbocycles. The summed E-state index contributed by atoms with van der Waals surface area (Å²) in [6.45, 7) is 8.48. The van der Waals surface area contributed by atoms with Gasteiger partial charge >= 0.3 is 5.97 Å². The summed E-state index contributed by atoms with van der Waals surface area (Å²) in [7, 11) is 0. The maximum Gasteiger partial charge on any atom is 0.312 e. The van der Waals surface area contributed by atoms with Crippen molar-refractivity contribution in [3.8, 4) is 0 Å². The fraction of sp³-hybridized carbons (Fsp3) is 0.933. The molecule has 1 unspecified atom stereocenters. The Hall–Kier alpha value is -0.530. The van der Waals surface area contributed by atoms with Gasteiger partial charge in [-0.25, -0.2) is 0 Å². The van der Waals surface area contributed by atoms with E-state index in [0.29, 0.717) is 5.92 Å². The molecule has 0 heterocycles. The van der Waals surface area contributed by atoms with E-state index in [1.807, 2.05) is 0 Å². The fourth-order valence-electron chi connectivity index (χ4n) is 2.75. The average Bonchev–Trinajstić information content (AvgIpc) is 2.29. The molecule has 1 fully saturated rings. The largest absolute Gasteiger partial charge is 0.462 e. The van der Waals surface area contributed by atoms with E-state index in [1.54, 1.807) is 0 Å². The summed E-state index contributed by atoms with van der Waals surface area (Å²) >= 11 is 0. The minimum Gasteiger partial charge on any atom is -0.462 e. The lowest BCUT2D eigenvalue weighted by atomic mass is 9.79. The highest BCUT2D eigenvalue weighted by molar-refractivity contribution is 5.76. The smallest absolute Gasteiger partial charge is 0.312 e. The van der Waals surface area contributed by atoms with Crippen molar-refractivity contribution in [2.24, 2.45) is 11.3 Å². The second kappa shape index (κ2) is 6.42. The highest BCUT2D eigenvalue weighted by atomic mass is 16.5. The monoisotopic (exact) mass is 240 g/mol. The number of carbonyl (C=O) groups excluding carboxylic acids is 1. The van der Waals surface area contributed by atoms with Gasteiger partial charge in [-0.15, -0.1) is 0 Å². The summed E-state index contributed by atoms with van der Waals surface area (Å²) in [5, 5.41) is 0. The summed E-state index contributed by atoms with van der Waals surface area (Å²) in [5.41, 5.74) is -0.286. The van der Waals surface area contributed by atoms with E-state index in [4.69, 9.17) is 4.74 Å². The molecule has 0 bridgehead atoms. The van der Waals surface area contributed by atoms with Gasteiger partial charge in [0.1, 0.15) is 6.10 Å². The zero-order valence-electron chi connectivity index (χ0n) is 11.9. The highest BCUT2D eigenvalue weighted by Crippen LogP contribution is 2.33. The van der Waals surface area contributed by atoms with Crippen molar-refractivity contribution >= 4 is 5.97 Å². The van der Waals surface area contributed by atoms with Gasteiger partial charge in [-0.05, 0) is 51.4 Å². The molecule has 100 valence electrons. The van der Waals surface area contributed by atoms with Gasteiger partial charge in [-0.3, -0.25) is 4.79 Å². The fourth-order valence-corrected chi connectivity index (χ4v) is 2.75. The maximum atomic E-state index is 12.3. The zero-order valence-corrected chi connectivity index (χ0v) is 11.9. The molecular weight excluding hydrogens is 212 g/mol. The first kappa shape index (κ1) is 14.5. The van der Waals surface area contributed by atoms with Crippen LogP contribution in [0.5, 0.6) is 0 Å². The van der Waals surface area contributed by atoms with Gasteiger partial charge in [0.05, 0.1) is 5.41 Å². The van der Waals surface area contributed by atoms with Gasteiger partial charge in [0, 0.05) is 0 Å². The highest BCUT2D eigenvalue weighted by Gasteiger charge is 2.35. The second-order valence-electron chi connectivity index (χ2n) is 6.18. The summed E-state index contributed by atoms with van der Waals surface area (Å²) in [6, 6.07) is 0. The van der Waals surface area contributed by atoms with E-state index < -0.39 is 0 Å². The Bertz CT molecular complexity index is 241. The normalized spacial score (nSPS) is 21.2. The number of hydrogen-bond acceptors (Lipinski definition) is 2. The molecule has 1 atom stereocenters. The third-order valence-corrected chi connectivity index (χ3v) is 3.96. The van der Waals surface area contributed by atoms with Crippen molar-refractivity contribution in [2.45, 2.75) is 78.7 Å². The quantitative estimate of drug-likeness (QED) is 0.669. The van der Waals surface area contributed by atoms with Gasteiger partial charge in [-0.2, -0.15) is 0 Å². The average molecular weight is 240 g/mol. The Labute approximate surface area is 106 Å². The SMILES string of the molecule is CCC(C)(CC(C)C)C(=O)OC1CCCCC1. The lowest BCUT2D eigenvalue weighted by molar-refractivity contribution is -0.163. The second-order valence-corrected chi connectivity index (χ2v) is 6.18. The first-order valence-electron chi connectivity index (χ1n) is 7.19. The van der Waals surface area contributed by atoms with Crippen LogP contribution in [0.15, 0.2) is 0 Å². The minimum absolute atomic E-state index is 0.0283. The molecule has 2 heteroatoms. The number of rotatable bonds is 5. The van der Waals surface area contributed by atoms with Crippen LogP contribution in [0.4, 0.5) is 0 Å². The summed E-state index contributed by atoms with van der Waals surface area (Å²) in [6.07, 6.45) is 7.84. The van der Waals surface area contributed by atoms with Crippen LogP contribution in [0.3, 0.4) is 0 Å².